The quantitative estimate of drug-likeness (QED) is 0.848. The van der Waals surface area contributed by atoms with E-state index < -0.39 is 0 Å². The fourth-order valence-electron chi connectivity index (χ4n) is 2.92. The van der Waals surface area contributed by atoms with Crippen LogP contribution in [-0.2, 0) is 24.3 Å². The third-order valence-electron chi connectivity index (χ3n) is 4.19. The molecular weight excluding hydrogens is 310 g/mol. The zero-order chi connectivity index (χ0) is 16.2. The maximum absolute atomic E-state index is 12.2. The molecule has 0 spiro atoms. The van der Waals surface area contributed by atoms with E-state index in [2.05, 4.69) is 25.4 Å². The molecule has 1 aliphatic heterocycles. The minimum atomic E-state index is -0.276. The summed E-state index contributed by atoms with van der Waals surface area (Å²) >= 11 is 1.65. The molecule has 0 fully saturated rings. The zero-order valence-corrected chi connectivity index (χ0v) is 14.4. The number of rotatable bonds is 6. The van der Waals surface area contributed by atoms with Gasteiger partial charge in [-0.25, -0.2) is 0 Å². The lowest BCUT2D eigenvalue weighted by atomic mass is 10.1. The smallest absolute Gasteiger partial charge is 0.237 e. The molecule has 1 amide bonds. The van der Waals surface area contributed by atoms with E-state index in [9.17, 15) is 4.79 Å². The van der Waals surface area contributed by atoms with Gasteiger partial charge in [0.1, 0.15) is 11.6 Å². The van der Waals surface area contributed by atoms with Crippen LogP contribution in [0.3, 0.4) is 0 Å². The van der Waals surface area contributed by atoms with Gasteiger partial charge in [0.25, 0.3) is 0 Å². The Bertz CT molecular complexity index is 651. The Morgan fingerprint density at radius 2 is 2.26 bits per heavy atom. The van der Waals surface area contributed by atoms with Crippen LogP contribution in [0.2, 0.25) is 0 Å². The van der Waals surface area contributed by atoms with Gasteiger partial charge in [-0.15, -0.1) is 21.5 Å². The van der Waals surface area contributed by atoms with Crippen LogP contribution in [-0.4, -0.2) is 26.7 Å². The van der Waals surface area contributed by atoms with Gasteiger partial charge in [0.15, 0.2) is 0 Å². The molecule has 0 unspecified atom stereocenters. The number of thiophene rings is 1. The number of aryl methyl sites for hydroxylation is 1. The van der Waals surface area contributed by atoms with E-state index in [1.165, 1.54) is 12.8 Å². The largest absolute Gasteiger partial charge is 0.350 e. The molecule has 124 valence electrons. The summed E-state index contributed by atoms with van der Waals surface area (Å²) in [5, 5.41) is 16.9. The van der Waals surface area contributed by atoms with Crippen LogP contribution in [0.4, 0.5) is 0 Å². The van der Waals surface area contributed by atoms with E-state index in [1.807, 2.05) is 31.4 Å². The van der Waals surface area contributed by atoms with Crippen molar-refractivity contribution in [2.75, 3.05) is 0 Å². The Morgan fingerprint density at radius 1 is 1.39 bits per heavy atom. The van der Waals surface area contributed by atoms with Gasteiger partial charge in [0, 0.05) is 17.8 Å². The van der Waals surface area contributed by atoms with E-state index in [0.29, 0.717) is 6.54 Å². The molecule has 2 N–H and O–H groups in total. The summed E-state index contributed by atoms with van der Waals surface area (Å²) in [6.07, 6.45) is 3.35. The minimum absolute atomic E-state index is 0.00293. The molecule has 0 aromatic carbocycles. The van der Waals surface area contributed by atoms with Crippen LogP contribution in [0.15, 0.2) is 17.5 Å². The molecule has 2 atom stereocenters. The monoisotopic (exact) mass is 333 g/mol. The fourth-order valence-corrected chi connectivity index (χ4v) is 3.56. The zero-order valence-electron chi connectivity index (χ0n) is 13.6. The molecule has 0 saturated heterocycles. The Labute approximate surface area is 140 Å². The molecule has 2 aromatic heterocycles. The molecule has 7 heteroatoms. The normalized spacial score (nSPS) is 16.6. The Kier molecular flexibility index (Phi) is 5.07. The van der Waals surface area contributed by atoms with Crippen LogP contribution in [0.25, 0.3) is 0 Å². The maximum Gasteiger partial charge on any atom is 0.237 e. The highest BCUT2D eigenvalue weighted by Crippen LogP contribution is 2.19. The highest BCUT2D eigenvalue weighted by molar-refractivity contribution is 7.09. The van der Waals surface area contributed by atoms with Crippen molar-refractivity contribution in [1.29, 1.82) is 0 Å². The fraction of sp³-hybridized carbons (Fsp3) is 0.562. The van der Waals surface area contributed by atoms with Crippen LogP contribution >= 0.6 is 11.3 Å². The first-order valence-corrected chi connectivity index (χ1v) is 9.01. The first kappa shape index (κ1) is 16.1. The Morgan fingerprint density at radius 3 is 3.04 bits per heavy atom. The number of fused-ring (bicyclic) bond motifs is 1. The minimum Gasteiger partial charge on any atom is -0.350 e. The molecule has 3 heterocycles. The summed E-state index contributed by atoms with van der Waals surface area (Å²) in [6.45, 7) is 5.47. The first-order chi connectivity index (χ1) is 11.1. The molecule has 0 aliphatic carbocycles. The van der Waals surface area contributed by atoms with Gasteiger partial charge < -0.3 is 9.88 Å². The van der Waals surface area contributed by atoms with Crippen LogP contribution in [0.5, 0.6) is 0 Å². The van der Waals surface area contributed by atoms with Crippen LogP contribution in [0.1, 0.15) is 49.3 Å². The van der Waals surface area contributed by atoms with Crippen LogP contribution in [0, 0.1) is 0 Å². The van der Waals surface area contributed by atoms with Gasteiger partial charge in [0.2, 0.25) is 5.91 Å². The second-order valence-electron chi connectivity index (χ2n) is 5.99. The summed E-state index contributed by atoms with van der Waals surface area (Å²) in [5.74, 6) is 2.00. The summed E-state index contributed by atoms with van der Waals surface area (Å²) in [7, 11) is 0. The number of nitrogens with zero attached hydrogens (tertiary/aromatic N) is 3. The van der Waals surface area contributed by atoms with E-state index in [4.69, 9.17) is 0 Å². The average molecular weight is 333 g/mol. The van der Waals surface area contributed by atoms with Gasteiger partial charge in [-0.3, -0.25) is 10.1 Å². The van der Waals surface area contributed by atoms with E-state index in [-0.39, 0.29) is 18.0 Å². The summed E-state index contributed by atoms with van der Waals surface area (Å²) < 4.78 is 2.19. The number of aromatic nitrogens is 3. The van der Waals surface area contributed by atoms with Crippen molar-refractivity contribution in [3.05, 3.63) is 34.0 Å². The van der Waals surface area contributed by atoms with Gasteiger partial charge in [-0.1, -0.05) is 6.07 Å². The number of carbonyl (C=O) groups is 1. The van der Waals surface area contributed by atoms with Crippen molar-refractivity contribution < 1.29 is 4.79 Å². The van der Waals surface area contributed by atoms with Crippen molar-refractivity contribution in [2.45, 2.75) is 58.3 Å². The molecule has 0 saturated carbocycles. The predicted octanol–water partition coefficient (Wildman–Crippen LogP) is 2.03. The number of hydrogen-bond donors (Lipinski definition) is 2. The van der Waals surface area contributed by atoms with E-state index >= 15 is 0 Å². The lowest BCUT2D eigenvalue weighted by Crippen LogP contribution is -2.43. The molecular formula is C16H23N5OS. The lowest BCUT2D eigenvalue weighted by molar-refractivity contribution is -0.123. The van der Waals surface area contributed by atoms with Crippen LogP contribution < -0.4 is 10.6 Å². The maximum atomic E-state index is 12.2. The third kappa shape index (κ3) is 3.79. The van der Waals surface area contributed by atoms with Crippen molar-refractivity contribution >= 4 is 17.2 Å². The summed E-state index contributed by atoms with van der Waals surface area (Å²) in [6, 6.07) is 3.73. The second-order valence-corrected chi connectivity index (χ2v) is 7.02. The first-order valence-electron chi connectivity index (χ1n) is 8.13. The highest BCUT2D eigenvalue weighted by Gasteiger charge is 2.23. The summed E-state index contributed by atoms with van der Waals surface area (Å²) in [4.78, 5) is 13.4. The molecule has 6 nitrogen and oxygen atoms in total. The Hall–Kier alpha value is -1.73. The van der Waals surface area contributed by atoms with Crippen molar-refractivity contribution in [1.82, 2.24) is 25.4 Å². The topological polar surface area (TPSA) is 71.8 Å². The van der Waals surface area contributed by atoms with Crippen molar-refractivity contribution in [3.63, 3.8) is 0 Å². The molecule has 0 bridgehead atoms. The third-order valence-corrected chi connectivity index (χ3v) is 5.06. The lowest BCUT2D eigenvalue weighted by Gasteiger charge is -2.21. The molecule has 1 aliphatic rings. The van der Waals surface area contributed by atoms with Gasteiger partial charge in [-0.2, -0.15) is 0 Å². The second kappa shape index (κ2) is 7.23. The highest BCUT2D eigenvalue weighted by atomic mass is 32.1. The van der Waals surface area contributed by atoms with Gasteiger partial charge >= 0.3 is 0 Å². The van der Waals surface area contributed by atoms with Crippen molar-refractivity contribution in [2.24, 2.45) is 0 Å². The number of nitrogens with one attached hydrogen (secondary N) is 2. The average Bonchev–Trinajstić information content (AvgIpc) is 3.21. The SMILES string of the molecule is C[C@H](N[C@H](C)C(=O)NCc1cccs1)c1nnc2n1CCCC2. The molecule has 0 radical (unpaired) electrons. The number of hydrogen-bond acceptors (Lipinski definition) is 5. The summed E-state index contributed by atoms with van der Waals surface area (Å²) in [5.41, 5.74) is 0. The number of carbonyl (C=O) groups excluding carboxylic acids is 1. The van der Waals surface area contributed by atoms with Crippen molar-refractivity contribution in [3.8, 4) is 0 Å². The molecule has 3 rings (SSSR count). The van der Waals surface area contributed by atoms with Gasteiger partial charge in [-0.05, 0) is 38.1 Å². The molecule has 23 heavy (non-hydrogen) atoms. The number of amides is 1. The molecule has 2 aromatic rings. The van der Waals surface area contributed by atoms with E-state index in [0.717, 1.165) is 29.5 Å². The predicted molar refractivity (Wildman–Crippen MR) is 90.1 cm³/mol. The van der Waals surface area contributed by atoms with Gasteiger partial charge in [0.05, 0.1) is 18.6 Å². The standard InChI is InChI=1S/C16H23N5OS/c1-11(15-20-19-14-7-3-4-8-21(14)15)18-12(2)16(22)17-10-13-6-5-9-23-13/h5-6,9,11-12,18H,3-4,7-8,10H2,1-2H3,(H,17,22)/t11-,12+/m0/s1. The van der Waals surface area contributed by atoms with E-state index in [1.54, 1.807) is 11.3 Å². The Balaban J connectivity index is 1.55.